The highest BCUT2D eigenvalue weighted by Gasteiger charge is 2.91. The summed E-state index contributed by atoms with van der Waals surface area (Å²) in [5.41, 5.74) is 0. The van der Waals surface area contributed by atoms with Crippen molar-refractivity contribution in [3.8, 4) is 0 Å². The molecule has 0 unspecified atom stereocenters. The first-order chi connectivity index (χ1) is 20.6. The summed E-state index contributed by atoms with van der Waals surface area (Å²) in [4.78, 5) is 0. The zero-order valence-electron chi connectivity index (χ0n) is 26.7. The Balaban J connectivity index is 0. The predicted molar refractivity (Wildman–Crippen MR) is 148 cm³/mol. The van der Waals surface area contributed by atoms with Gasteiger partial charge in [-0.1, -0.05) is 90.9 Å². The van der Waals surface area contributed by atoms with Gasteiger partial charge in [0.15, 0.2) is 10.1 Å². The molecule has 280 valence electrons. The second-order valence-electron chi connectivity index (χ2n) is 12.1. The standard InChI is InChI=1S/C22H48N.C6HF13O3S/c1-5-7-9-11-13-15-17-19-21-23(3,4)22-20-18-16-14-12-10-8-6-2;7-1(8,3(11,12)5(15,16)17)2(9,10)4(13,14)6(18,19)23(20,21)22/h5-22H2,1-4H3;(H,20,21,22)/q+1;/p-1. The van der Waals surface area contributed by atoms with Crippen LogP contribution in [0, 0.1) is 0 Å². The van der Waals surface area contributed by atoms with Crippen molar-refractivity contribution in [3.05, 3.63) is 0 Å². The van der Waals surface area contributed by atoms with Crippen LogP contribution in [0.15, 0.2) is 0 Å². The minimum Gasteiger partial charge on any atom is -0.743 e. The fourth-order valence-electron chi connectivity index (χ4n) is 4.37. The van der Waals surface area contributed by atoms with E-state index in [1.807, 2.05) is 0 Å². The molecule has 0 aliphatic rings. The van der Waals surface area contributed by atoms with Crippen LogP contribution < -0.4 is 0 Å². The van der Waals surface area contributed by atoms with Crippen molar-refractivity contribution in [1.29, 1.82) is 0 Å². The molecule has 0 fully saturated rings. The second-order valence-corrected chi connectivity index (χ2v) is 13.5. The third kappa shape index (κ3) is 13.5. The van der Waals surface area contributed by atoms with Crippen LogP contribution in [0.3, 0.4) is 0 Å². The molecule has 0 N–H and O–H groups in total. The molecule has 0 saturated heterocycles. The summed E-state index contributed by atoms with van der Waals surface area (Å²) in [7, 11) is -2.99. The lowest BCUT2D eigenvalue weighted by Gasteiger charge is -2.39. The zero-order valence-corrected chi connectivity index (χ0v) is 27.5. The summed E-state index contributed by atoms with van der Waals surface area (Å²) in [5, 5.41) is -7.63. The van der Waals surface area contributed by atoms with Gasteiger partial charge in [0.05, 0.1) is 27.2 Å². The lowest BCUT2D eigenvalue weighted by molar-refractivity contribution is -0.890. The normalized spacial score (nSPS) is 14.3. The number of nitrogens with zero attached hydrogens (tertiary/aromatic N) is 1. The molecular weight excluding hydrogens is 677 g/mol. The number of hydrogen-bond acceptors (Lipinski definition) is 3. The van der Waals surface area contributed by atoms with Gasteiger partial charge in [0.25, 0.3) is 0 Å². The van der Waals surface area contributed by atoms with Crippen LogP contribution in [-0.2, 0) is 10.1 Å². The fraction of sp³-hybridized carbons (Fsp3) is 1.00. The van der Waals surface area contributed by atoms with E-state index in [2.05, 4.69) is 27.9 Å². The maximum atomic E-state index is 12.7. The zero-order chi connectivity index (χ0) is 36.7. The molecule has 0 heterocycles. The first kappa shape index (κ1) is 47.1. The molecule has 0 bridgehead atoms. The number of halogens is 13. The van der Waals surface area contributed by atoms with Crippen molar-refractivity contribution in [2.75, 3.05) is 27.2 Å². The van der Waals surface area contributed by atoms with Gasteiger partial charge in [0.2, 0.25) is 0 Å². The third-order valence-corrected chi connectivity index (χ3v) is 8.34. The molecule has 0 spiro atoms. The van der Waals surface area contributed by atoms with Crippen molar-refractivity contribution in [2.45, 2.75) is 152 Å². The second kappa shape index (κ2) is 19.2. The molecule has 0 radical (unpaired) electrons. The monoisotopic (exact) mass is 725 g/mol. The summed E-state index contributed by atoms with van der Waals surface area (Å²) < 4.78 is 190. The lowest BCUT2D eigenvalue weighted by Crippen LogP contribution is -2.71. The molecule has 0 atom stereocenters. The smallest absolute Gasteiger partial charge is 0.460 e. The molecule has 0 aromatic carbocycles. The van der Waals surface area contributed by atoms with Crippen molar-refractivity contribution >= 4 is 10.1 Å². The number of hydrogen-bond donors (Lipinski definition) is 0. The van der Waals surface area contributed by atoms with E-state index in [0.29, 0.717) is 0 Å². The van der Waals surface area contributed by atoms with E-state index in [4.69, 9.17) is 0 Å². The Morgan fingerprint density at radius 3 is 0.978 bits per heavy atom. The van der Waals surface area contributed by atoms with Crippen molar-refractivity contribution in [1.82, 2.24) is 0 Å². The van der Waals surface area contributed by atoms with E-state index in [9.17, 15) is 70.0 Å². The SMILES string of the molecule is CCCCCCCCCC[N+](C)(C)CCCCCCCCCC.O=S(=O)([O-])C(F)(F)C(F)(F)C(F)(F)C(F)(F)C(F)(F)C(F)(F)F. The predicted octanol–water partition coefficient (Wildman–Crippen LogP) is 10.6. The largest absolute Gasteiger partial charge is 0.743 e. The third-order valence-electron chi connectivity index (χ3n) is 7.45. The van der Waals surface area contributed by atoms with Gasteiger partial charge in [-0.15, -0.1) is 0 Å². The molecule has 0 aliphatic heterocycles. The molecule has 0 saturated carbocycles. The molecule has 0 aromatic rings. The van der Waals surface area contributed by atoms with Gasteiger partial charge < -0.3 is 9.04 Å². The highest BCUT2D eigenvalue weighted by atomic mass is 32.2. The van der Waals surface area contributed by atoms with Gasteiger partial charge >= 0.3 is 35.1 Å². The summed E-state index contributed by atoms with van der Waals surface area (Å²) in [6.07, 6.45) is 15.4. The highest BCUT2D eigenvalue weighted by Crippen LogP contribution is 2.60. The Kier molecular flexibility index (Phi) is 19.7. The molecule has 4 nitrogen and oxygen atoms in total. The van der Waals surface area contributed by atoms with Gasteiger partial charge in [-0.3, -0.25) is 0 Å². The van der Waals surface area contributed by atoms with Gasteiger partial charge in [-0.2, -0.15) is 57.1 Å². The van der Waals surface area contributed by atoms with Crippen molar-refractivity contribution in [2.24, 2.45) is 0 Å². The summed E-state index contributed by atoms with van der Waals surface area (Å²) in [5.74, 6) is -32.6. The average Bonchev–Trinajstić information content (AvgIpc) is 2.90. The Bertz CT molecular complexity index is 919. The number of rotatable bonds is 23. The van der Waals surface area contributed by atoms with Crippen molar-refractivity contribution < 1.29 is 74.5 Å². The molecule has 0 aromatic heterocycles. The Morgan fingerprint density at radius 2 is 0.717 bits per heavy atom. The van der Waals surface area contributed by atoms with Crippen LogP contribution >= 0.6 is 0 Å². The summed E-state index contributed by atoms with van der Waals surface area (Å²) >= 11 is 0. The van der Waals surface area contributed by atoms with E-state index in [-0.39, 0.29) is 0 Å². The van der Waals surface area contributed by atoms with Crippen LogP contribution in [0.25, 0.3) is 0 Å². The molecule has 18 heteroatoms. The Labute approximate surface area is 263 Å². The first-order valence-electron chi connectivity index (χ1n) is 15.4. The summed E-state index contributed by atoms with van der Waals surface area (Å²) in [6.45, 7) is 7.36. The van der Waals surface area contributed by atoms with Crippen LogP contribution in [0.2, 0.25) is 0 Å². The topological polar surface area (TPSA) is 57.2 Å². The fourth-order valence-corrected chi connectivity index (χ4v) is 4.81. The molecular formula is C28H48F13NO3S. The van der Waals surface area contributed by atoms with Gasteiger partial charge in [0.1, 0.15) is 0 Å². The lowest BCUT2D eigenvalue weighted by atomic mass is 9.98. The van der Waals surface area contributed by atoms with E-state index in [0.717, 1.165) is 0 Å². The highest BCUT2D eigenvalue weighted by molar-refractivity contribution is 7.86. The number of quaternary nitrogens is 1. The van der Waals surface area contributed by atoms with Crippen LogP contribution in [0.4, 0.5) is 57.1 Å². The molecule has 0 rings (SSSR count). The molecule has 0 aliphatic carbocycles. The maximum Gasteiger partial charge on any atom is 0.460 e. The van der Waals surface area contributed by atoms with Crippen LogP contribution in [-0.4, -0.2) is 79.8 Å². The van der Waals surface area contributed by atoms with E-state index >= 15 is 0 Å². The van der Waals surface area contributed by atoms with E-state index in [1.165, 1.54) is 120 Å². The van der Waals surface area contributed by atoms with Crippen molar-refractivity contribution in [3.63, 3.8) is 0 Å². The minimum atomic E-state index is -8.29. The average molecular weight is 726 g/mol. The Morgan fingerprint density at radius 1 is 0.457 bits per heavy atom. The number of alkyl halides is 13. The molecule has 46 heavy (non-hydrogen) atoms. The summed E-state index contributed by atoms with van der Waals surface area (Å²) in [6, 6.07) is 0. The van der Waals surface area contributed by atoms with E-state index in [1.54, 1.807) is 0 Å². The van der Waals surface area contributed by atoms with Gasteiger partial charge in [-0.05, 0) is 25.7 Å². The maximum absolute atomic E-state index is 12.7. The number of unbranched alkanes of at least 4 members (excludes halogenated alkanes) is 14. The van der Waals surface area contributed by atoms with E-state index < -0.39 is 45.2 Å². The van der Waals surface area contributed by atoms with Gasteiger partial charge in [0, 0.05) is 0 Å². The van der Waals surface area contributed by atoms with Crippen LogP contribution in [0.1, 0.15) is 117 Å². The van der Waals surface area contributed by atoms with Crippen LogP contribution in [0.5, 0.6) is 0 Å². The Hall–Kier alpha value is -1.04. The van der Waals surface area contributed by atoms with Gasteiger partial charge in [-0.25, -0.2) is 8.42 Å². The molecule has 0 amide bonds. The quantitative estimate of drug-likeness (QED) is 0.0456. The minimum absolute atomic E-state index is 1.24. The first-order valence-corrected chi connectivity index (χ1v) is 16.8.